The fourth-order valence-electron chi connectivity index (χ4n) is 0.537. The first-order valence-electron chi connectivity index (χ1n) is 2.52. The van der Waals surface area contributed by atoms with E-state index in [-0.39, 0.29) is 0 Å². The van der Waals surface area contributed by atoms with Crippen molar-refractivity contribution in [2.24, 2.45) is 0 Å². The van der Waals surface area contributed by atoms with Gasteiger partial charge >= 0.3 is 0 Å². The summed E-state index contributed by atoms with van der Waals surface area (Å²) in [6, 6.07) is 9.30. The summed E-state index contributed by atoms with van der Waals surface area (Å²) in [7, 11) is 0. The molecule has 0 aliphatic rings. The zero-order chi connectivity index (χ0) is 6.53. The molecule has 0 amide bonds. The Morgan fingerprint density at radius 1 is 1.22 bits per heavy atom. The number of hydrogen-bond donors (Lipinski definition) is 0. The van der Waals surface area contributed by atoms with Crippen LogP contribution in [0.1, 0.15) is 0 Å². The standard InChI is InChI=1S/C7H5OS/c9-6-8-7-4-2-1-3-5-7/h1-5H. The summed E-state index contributed by atoms with van der Waals surface area (Å²) in [5.74, 6) is 0.729. The lowest BCUT2D eigenvalue weighted by atomic mass is 10.3. The maximum Gasteiger partial charge on any atom is 0.245 e. The van der Waals surface area contributed by atoms with E-state index >= 15 is 0 Å². The first-order chi connectivity index (χ1) is 4.43. The van der Waals surface area contributed by atoms with Gasteiger partial charge in [0.2, 0.25) is 5.55 Å². The average molecular weight is 137 g/mol. The van der Waals surface area contributed by atoms with Gasteiger partial charge in [-0.05, 0) is 24.4 Å². The van der Waals surface area contributed by atoms with E-state index in [2.05, 4.69) is 17.8 Å². The predicted molar refractivity (Wildman–Crippen MR) is 39.7 cm³/mol. The number of benzene rings is 1. The van der Waals surface area contributed by atoms with E-state index in [9.17, 15) is 0 Å². The second-order valence-corrected chi connectivity index (χ2v) is 1.67. The van der Waals surface area contributed by atoms with E-state index in [0.29, 0.717) is 0 Å². The number of hydrogen-bond acceptors (Lipinski definition) is 2. The smallest absolute Gasteiger partial charge is 0.245 e. The van der Waals surface area contributed by atoms with Gasteiger partial charge in [0.25, 0.3) is 0 Å². The van der Waals surface area contributed by atoms with Crippen molar-refractivity contribution in [3.63, 3.8) is 0 Å². The quantitative estimate of drug-likeness (QED) is 0.576. The Morgan fingerprint density at radius 2 is 1.89 bits per heavy atom. The molecule has 0 aliphatic heterocycles. The predicted octanol–water partition coefficient (Wildman–Crippen LogP) is 1.90. The van der Waals surface area contributed by atoms with Gasteiger partial charge < -0.3 is 4.74 Å². The highest BCUT2D eigenvalue weighted by molar-refractivity contribution is 7.78. The molecule has 1 aromatic carbocycles. The lowest BCUT2D eigenvalue weighted by molar-refractivity contribution is 0.586. The number of rotatable bonds is 2. The summed E-state index contributed by atoms with van der Waals surface area (Å²) in [5.41, 5.74) is 2.17. The monoisotopic (exact) mass is 137 g/mol. The van der Waals surface area contributed by atoms with Crippen molar-refractivity contribution >= 4 is 17.8 Å². The molecule has 1 rings (SSSR count). The van der Waals surface area contributed by atoms with Crippen molar-refractivity contribution in [1.29, 1.82) is 0 Å². The maximum atomic E-state index is 4.77. The minimum Gasteiger partial charge on any atom is -0.441 e. The van der Waals surface area contributed by atoms with Gasteiger partial charge in [-0.2, -0.15) is 0 Å². The highest BCUT2D eigenvalue weighted by atomic mass is 32.1. The highest BCUT2D eigenvalue weighted by Crippen LogP contribution is 2.06. The Hall–Kier alpha value is -0.890. The summed E-state index contributed by atoms with van der Waals surface area (Å²) in [6.07, 6.45) is 0. The lowest BCUT2D eigenvalue weighted by Gasteiger charge is -1.92. The topological polar surface area (TPSA) is 9.23 Å². The SMILES string of the molecule is S=[C]Oc1ccccc1. The van der Waals surface area contributed by atoms with Crippen LogP contribution in [0.5, 0.6) is 5.75 Å². The van der Waals surface area contributed by atoms with Gasteiger partial charge in [0.15, 0.2) is 0 Å². The fourth-order valence-corrected chi connectivity index (χ4v) is 0.633. The van der Waals surface area contributed by atoms with Crippen molar-refractivity contribution in [3.05, 3.63) is 30.3 Å². The minimum atomic E-state index is 0.729. The zero-order valence-electron chi connectivity index (χ0n) is 4.70. The van der Waals surface area contributed by atoms with Crippen LogP contribution in [-0.2, 0) is 0 Å². The minimum absolute atomic E-state index is 0.729. The molecule has 0 bridgehead atoms. The molecule has 0 unspecified atom stereocenters. The molecule has 9 heavy (non-hydrogen) atoms. The third-order valence-corrected chi connectivity index (χ3v) is 0.986. The van der Waals surface area contributed by atoms with Gasteiger partial charge in [-0.15, -0.1) is 0 Å². The van der Waals surface area contributed by atoms with Gasteiger partial charge in [0.05, 0.1) is 0 Å². The molecule has 0 aliphatic carbocycles. The molecule has 0 heterocycles. The molecule has 0 spiro atoms. The molecule has 0 saturated heterocycles. The third-order valence-electron chi connectivity index (χ3n) is 0.903. The van der Waals surface area contributed by atoms with E-state index in [1.807, 2.05) is 30.3 Å². The van der Waals surface area contributed by atoms with Crippen LogP contribution in [0.25, 0.3) is 0 Å². The Morgan fingerprint density at radius 3 is 2.44 bits per heavy atom. The van der Waals surface area contributed by atoms with Gasteiger partial charge in [-0.25, -0.2) is 0 Å². The van der Waals surface area contributed by atoms with Crippen molar-refractivity contribution in [2.75, 3.05) is 0 Å². The van der Waals surface area contributed by atoms with Gasteiger partial charge in [0, 0.05) is 0 Å². The molecule has 0 N–H and O–H groups in total. The molecule has 0 saturated carbocycles. The summed E-state index contributed by atoms with van der Waals surface area (Å²) < 4.78 is 4.77. The molecule has 1 aromatic rings. The van der Waals surface area contributed by atoms with Crippen LogP contribution in [0.15, 0.2) is 30.3 Å². The molecular weight excluding hydrogens is 132 g/mol. The molecule has 1 radical (unpaired) electrons. The van der Waals surface area contributed by atoms with Gasteiger partial charge in [-0.1, -0.05) is 18.2 Å². The van der Waals surface area contributed by atoms with Crippen LogP contribution in [0.2, 0.25) is 0 Å². The average Bonchev–Trinajstić information content (AvgIpc) is 1.91. The first kappa shape index (κ1) is 6.23. The third kappa shape index (κ3) is 1.82. The van der Waals surface area contributed by atoms with Crippen LogP contribution >= 0.6 is 12.2 Å². The van der Waals surface area contributed by atoms with Gasteiger partial charge in [-0.3, -0.25) is 0 Å². The highest BCUT2D eigenvalue weighted by Gasteiger charge is 1.83. The van der Waals surface area contributed by atoms with E-state index < -0.39 is 0 Å². The van der Waals surface area contributed by atoms with Crippen molar-refractivity contribution < 1.29 is 4.74 Å². The van der Waals surface area contributed by atoms with E-state index in [1.54, 1.807) is 0 Å². The van der Waals surface area contributed by atoms with Crippen molar-refractivity contribution in [3.8, 4) is 5.75 Å². The zero-order valence-corrected chi connectivity index (χ0v) is 5.52. The van der Waals surface area contributed by atoms with Crippen LogP contribution in [0, 0.1) is 0 Å². The normalized spacial score (nSPS) is 8.44. The second kappa shape index (κ2) is 3.20. The Kier molecular flexibility index (Phi) is 2.22. The summed E-state index contributed by atoms with van der Waals surface area (Å²) in [6.45, 7) is 0. The molecule has 45 valence electrons. The van der Waals surface area contributed by atoms with E-state index in [0.717, 1.165) is 5.75 Å². The van der Waals surface area contributed by atoms with E-state index in [4.69, 9.17) is 4.74 Å². The molecular formula is C7H5OS. The van der Waals surface area contributed by atoms with Crippen molar-refractivity contribution in [1.82, 2.24) is 0 Å². The largest absolute Gasteiger partial charge is 0.441 e. The number of ether oxygens (including phenoxy) is 1. The Labute approximate surface area is 59.3 Å². The molecule has 0 atom stereocenters. The summed E-state index contributed by atoms with van der Waals surface area (Å²) in [4.78, 5) is 0. The molecule has 0 fully saturated rings. The molecule has 1 nitrogen and oxygen atoms in total. The Balaban J connectivity index is 2.72. The summed E-state index contributed by atoms with van der Waals surface area (Å²) in [5, 5.41) is 0. The van der Waals surface area contributed by atoms with Crippen LogP contribution in [-0.4, -0.2) is 5.55 Å². The van der Waals surface area contributed by atoms with E-state index in [1.165, 1.54) is 0 Å². The lowest BCUT2D eigenvalue weighted by Crippen LogP contribution is -1.83. The maximum absolute atomic E-state index is 4.77. The fraction of sp³-hybridized carbons (Fsp3) is 0. The molecule has 2 heteroatoms. The van der Waals surface area contributed by atoms with Crippen LogP contribution in [0.3, 0.4) is 0 Å². The van der Waals surface area contributed by atoms with Crippen LogP contribution in [0.4, 0.5) is 0 Å². The van der Waals surface area contributed by atoms with Crippen LogP contribution < -0.4 is 4.74 Å². The molecule has 0 aromatic heterocycles. The number of thiocarbonyl (C=S) groups is 1. The Bertz CT molecular complexity index is 183. The summed E-state index contributed by atoms with van der Waals surface area (Å²) >= 11 is 4.36. The first-order valence-corrected chi connectivity index (χ1v) is 2.93. The second-order valence-electron chi connectivity index (χ2n) is 1.50. The number of para-hydroxylation sites is 1. The van der Waals surface area contributed by atoms with Crippen molar-refractivity contribution in [2.45, 2.75) is 0 Å². The van der Waals surface area contributed by atoms with Gasteiger partial charge in [0.1, 0.15) is 5.75 Å².